The summed E-state index contributed by atoms with van der Waals surface area (Å²) in [6.45, 7) is 1.83. The molecule has 0 bridgehead atoms. The molecule has 0 saturated carbocycles. The van der Waals surface area contributed by atoms with Crippen molar-refractivity contribution in [3.63, 3.8) is 0 Å². The van der Waals surface area contributed by atoms with Gasteiger partial charge < -0.3 is 29.9 Å². The first kappa shape index (κ1) is 22.0. The van der Waals surface area contributed by atoms with Gasteiger partial charge in [0.15, 0.2) is 0 Å². The molecule has 1 nitrogen and oxygen atoms in total. The van der Waals surface area contributed by atoms with Gasteiger partial charge in [-0.1, -0.05) is 66.7 Å². The van der Waals surface area contributed by atoms with Gasteiger partial charge in [-0.25, -0.2) is 0 Å². The summed E-state index contributed by atoms with van der Waals surface area (Å²) < 4.78 is 0. The van der Waals surface area contributed by atoms with Crippen molar-refractivity contribution < 1.29 is 51.6 Å². The van der Waals surface area contributed by atoms with Crippen LogP contribution < -0.4 is 24.8 Å². The fraction of sp³-hybridized carbons (Fsp3) is 0.143. The van der Waals surface area contributed by atoms with Crippen molar-refractivity contribution in [3.8, 4) is 22.3 Å². The maximum Gasteiger partial charge on any atom is 2.00 e. The third-order valence-corrected chi connectivity index (χ3v) is 4.55. The Hall–Kier alpha value is -1.09. The third-order valence-electron chi connectivity index (χ3n) is 4.55. The molecule has 0 heterocycles. The predicted molar refractivity (Wildman–Crippen MR) is 90.8 cm³/mol. The number of hydrogen-bond donors (Lipinski definition) is 1. The first-order chi connectivity index (χ1) is 10.8. The summed E-state index contributed by atoms with van der Waals surface area (Å²) >= 11 is 0. The normalized spacial score (nSPS) is 11.9. The molecule has 0 saturated heterocycles. The van der Waals surface area contributed by atoms with Gasteiger partial charge in [0, 0.05) is 0 Å². The Morgan fingerprint density at radius 1 is 0.720 bits per heavy atom. The minimum absolute atomic E-state index is 0. The van der Waals surface area contributed by atoms with Crippen LogP contribution in [0.4, 0.5) is 0 Å². The van der Waals surface area contributed by atoms with Crippen LogP contribution in [0, 0.1) is 0 Å². The van der Waals surface area contributed by atoms with Crippen LogP contribution in [0.25, 0.3) is 22.3 Å². The van der Waals surface area contributed by atoms with Crippen LogP contribution in [0.2, 0.25) is 0 Å². The first-order valence-corrected chi connectivity index (χ1v) is 7.73. The van der Waals surface area contributed by atoms with Crippen LogP contribution in [-0.2, 0) is 28.1 Å². The van der Waals surface area contributed by atoms with Gasteiger partial charge in [0.05, 0.1) is 6.10 Å². The van der Waals surface area contributed by atoms with Crippen molar-refractivity contribution in [2.24, 2.45) is 0 Å². The maximum absolute atomic E-state index is 10.1. The molecule has 0 spiro atoms. The number of benzene rings is 3. The molecule has 1 N–H and O–H groups in total. The van der Waals surface area contributed by atoms with Crippen molar-refractivity contribution >= 4 is 0 Å². The quantitative estimate of drug-likeness (QED) is 0.424. The molecule has 4 rings (SSSR count). The van der Waals surface area contributed by atoms with Gasteiger partial charge in [0.25, 0.3) is 0 Å². The number of aliphatic hydroxyl groups excluding tert-OH is 1. The average molecular weight is 405 g/mol. The SMILES string of the molecule is CC(O)c1ccccc1-c1cccc2c1Cc1ccccc1-2.[Cl-].[Cl-].[Ti+2]. The Kier molecular flexibility index (Phi) is 7.93. The standard InChI is InChI=1S/C21H18O.2ClH.Ti/c1-14(22)16-8-4-5-10-18(16)20-12-6-11-19-17-9-3-2-7-15(17)13-21(19)20;;;/h2-12,14,22H,13H2,1H3;2*1H;/q;;;+2/p-2. The largest absolute Gasteiger partial charge is 2.00 e. The predicted octanol–water partition coefficient (Wildman–Crippen LogP) is -1.02. The van der Waals surface area contributed by atoms with Crippen LogP contribution in [0.1, 0.15) is 29.7 Å². The van der Waals surface area contributed by atoms with Gasteiger partial charge in [0.2, 0.25) is 0 Å². The smallest absolute Gasteiger partial charge is 1.00 e. The van der Waals surface area contributed by atoms with E-state index in [9.17, 15) is 5.11 Å². The van der Waals surface area contributed by atoms with Crippen LogP contribution in [0.3, 0.4) is 0 Å². The van der Waals surface area contributed by atoms with E-state index in [0.717, 1.165) is 17.5 Å². The van der Waals surface area contributed by atoms with Crippen molar-refractivity contribution in [2.45, 2.75) is 19.4 Å². The van der Waals surface area contributed by atoms with E-state index in [1.165, 1.54) is 27.8 Å². The van der Waals surface area contributed by atoms with Crippen molar-refractivity contribution in [3.05, 3.63) is 83.4 Å². The van der Waals surface area contributed by atoms with E-state index in [4.69, 9.17) is 0 Å². The molecular weight excluding hydrogens is 387 g/mol. The molecule has 1 atom stereocenters. The number of hydrogen-bond acceptors (Lipinski definition) is 1. The van der Waals surface area contributed by atoms with E-state index in [1.54, 1.807) is 0 Å². The van der Waals surface area contributed by atoms with E-state index in [-0.39, 0.29) is 46.5 Å². The molecule has 126 valence electrons. The molecule has 0 fully saturated rings. The van der Waals surface area contributed by atoms with Crippen molar-refractivity contribution in [1.82, 2.24) is 0 Å². The minimum atomic E-state index is -0.462. The number of fused-ring (bicyclic) bond motifs is 3. The summed E-state index contributed by atoms with van der Waals surface area (Å²) in [5.41, 5.74) is 8.80. The van der Waals surface area contributed by atoms with Gasteiger partial charge in [0.1, 0.15) is 0 Å². The zero-order valence-corrected chi connectivity index (χ0v) is 16.9. The zero-order valence-electron chi connectivity index (χ0n) is 13.8. The van der Waals surface area contributed by atoms with E-state index in [1.807, 2.05) is 25.1 Å². The Balaban J connectivity index is 0.00000104. The van der Waals surface area contributed by atoms with E-state index >= 15 is 0 Å². The molecule has 3 aromatic rings. The van der Waals surface area contributed by atoms with Crippen LogP contribution in [-0.4, -0.2) is 5.11 Å². The van der Waals surface area contributed by atoms with Gasteiger partial charge in [-0.2, -0.15) is 0 Å². The Bertz CT molecular complexity index is 862. The zero-order chi connectivity index (χ0) is 15.1. The summed E-state index contributed by atoms with van der Waals surface area (Å²) in [4.78, 5) is 0. The molecule has 0 radical (unpaired) electrons. The number of halogens is 2. The number of rotatable bonds is 2. The fourth-order valence-corrected chi connectivity index (χ4v) is 3.52. The van der Waals surface area contributed by atoms with Gasteiger partial charge >= 0.3 is 21.7 Å². The minimum Gasteiger partial charge on any atom is -1.00 e. The Morgan fingerprint density at radius 2 is 1.24 bits per heavy atom. The van der Waals surface area contributed by atoms with Gasteiger partial charge in [-0.3, -0.25) is 0 Å². The second-order valence-electron chi connectivity index (χ2n) is 5.93. The van der Waals surface area contributed by atoms with Gasteiger partial charge in [-0.05, 0) is 52.3 Å². The fourth-order valence-electron chi connectivity index (χ4n) is 3.52. The Labute approximate surface area is 176 Å². The van der Waals surface area contributed by atoms with E-state index < -0.39 is 6.10 Å². The van der Waals surface area contributed by atoms with Crippen molar-refractivity contribution in [2.75, 3.05) is 0 Å². The molecular formula is C21H18Cl2OTi. The van der Waals surface area contributed by atoms with Crippen LogP contribution >= 0.6 is 0 Å². The summed E-state index contributed by atoms with van der Waals surface area (Å²) in [6, 6.07) is 23.3. The first-order valence-electron chi connectivity index (χ1n) is 7.73. The summed E-state index contributed by atoms with van der Waals surface area (Å²) in [5.74, 6) is 0. The Morgan fingerprint density at radius 3 is 1.92 bits per heavy atom. The summed E-state index contributed by atoms with van der Waals surface area (Å²) in [6.07, 6.45) is 0.506. The molecule has 0 aliphatic heterocycles. The van der Waals surface area contributed by atoms with Crippen molar-refractivity contribution in [1.29, 1.82) is 0 Å². The second kappa shape index (κ2) is 9.03. The molecule has 25 heavy (non-hydrogen) atoms. The monoisotopic (exact) mass is 404 g/mol. The summed E-state index contributed by atoms with van der Waals surface area (Å²) in [5, 5.41) is 10.1. The van der Waals surface area contributed by atoms with Gasteiger partial charge in [-0.15, -0.1) is 0 Å². The molecule has 1 aliphatic carbocycles. The topological polar surface area (TPSA) is 20.2 Å². The number of aliphatic hydroxyl groups is 1. The molecule has 4 heteroatoms. The molecule has 0 amide bonds. The molecule has 1 unspecified atom stereocenters. The average Bonchev–Trinajstić information content (AvgIpc) is 2.93. The van der Waals surface area contributed by atoms with E-state index in [0.29, 0.717) is 0 Å². The second-order valence-corrected chi connectivity index (χ2v) is 5.93. The maximum atomic E-state index is 10.1. The van der Waals surface area contributed by atoms with Crippen LogP contribution in [0.5, 0.6) is 0 Å². The molecule has 1 aliphatic rings. The third kappa shape index (κ3) is 3.87. The molecule has 0 aromatic heterocycles. The molecule has 3 aromatic carbocycles. The summed E-state index contributed by atoms with van der Waals surface area (Å²) in [7, 11) is 0. The van der Waals surface area contributed by atoms with E-state index in [2.05, 4.69) is 48.5 Å². The van der Waals surface area contributed by atoms with Crippen LogP contribution in [0.15, 0.2) is 66.7 Å².